The summed E-state index contributed by atoms with van der Waals surface area (Å²) in [5.74, 6) is 0. The van der Waals surface area contributed by atoms with Crippen LogP contribution in [0, 0.1) is 0 Å². The van der Waals surface area contributed by atoms with Crippen LogP contribution >= 0.6 is 0 Å². The number of aliphatic hydroxyl groups excluding tert-OH is 1. The van der Waals surface area contributed by atoms with Gasteiger partial charge in [-0.15, -0.1) is 6.58 Å². The van der Waals surface area contributed by atoms with Gasteiger partial charge in [0.1, 0.15) is 6.54 Å². The summed E-state index contributed by atoms with van der Waals surface area (Å²) in [6.07, 6.45) is 4.81. The molecule has 0 rings (SSSR count). The van der Waals surface area contributed by atoms with E-state index in [4.69, 9.17) is 5.11 Å². The number of hydrogen-bond donors (Lipinski definition) is 1. The summed E-state index contributed by atoms with van der Waals surface area (Å²) >= 11 is 0. The highest BCUT2D eigenvalue weighted by Crippen LogP contribution is 2.03. The van der Waals surface area contributed by atoms with Gasteiger partial charge in [0.15, 0.2) is 0 Å². The molecular formula is C10H20NO+. The van der Waals surface area contributed by atoms with Crippen LogP contribution in [0.15, 0.2) is 25.3 Å². The molecule has 0 saturated heterocycles. The second kappa shape index (κ2) is 5.98. The van der Waals surface area contributed by atoms with Crippen molar-refractivity contribution in [2.45, 2.75) is 6.42 Å². The Morgan fingerprint density at radius 2 is 1.92 bits per heavy atom. The summed E-state index contributed by atoms with van der Waals surface area (Å²) in [6, 6.07) is 0. The van der Waals surface area contributed by atoms with Gasteiger partial charge in [-0.2, -0.15) is 0 Å². The summed E-state index contributed by atoms with van der Waals surface area (Å²) in [5, 5.41) is 8.85. The van der Waals surface area contributed by atoms with E-state index in [-0.39, 0.29) is 6.61 Å². The number of quaternary nitrogens is 1. The number of hydrogen-bond acceptors (Lipinski definition) is 1. The van der Waals surface area contributed by atoms with Gasteiger partial charge in [-0.25, -0.2) is 0 Å². The van der Waals surface area contributed by atoms with Crippen molar-refractivity contribution in [2.24, 2.45) is 0 Å². The SMILES string of the molecule is C=CCC[N+](C)(CC=C)CCO. The smallest absolute Gasteiger partial charge is 0.102 e. The van der Waals surface area contributed by atoms with Crippen molar-refractivity contribution in [3.63, 3.8) is 0 Å². The van der Waals surface area contributed by atoms with E-state index in [1.54, 1.807) is 0 Å². The van der Waals surface area contributed by atoms with Gasteiger partial charge in [-0.05, 0) is 6.08 Å². The predicted molar refractivity (Wildman–Crippen MR) is 52.9 cm³/mol. The fourth-order valence-electron chi connectivity index (χ4n) is 1.25. The third-order valence-electron chi connectivity index (χ3n) is 2.08. The van der Waals surface area contributed by atoms with Crippen molar-refractivity contribution in [1.82, 2.24) is 0 Å². The van der Waals surface area contributed by atoms with E-state index in [1.807, 2.05) is 12.2 Å². The maximum Gasteiger partial charge on any atom is 0.102 e. The zero-order chi connectivity index (χ0) is 9.45. The van der Waals surface area contributed by atoms with Gasteiger partial charge >= 0.3 is 0 Å². The van der Waals surface area contributed by atoms with Crippen LogP contribution in [0.4, 0.5) is 0 Å². The molecule has 0 aliphatic heterocycles. The molecule has 0 spiro atoms. The topological polar surface area (TPSA) is 20.2 Å². The van der Waals surface area contributed by atoms with Gasteiger partial charge in [0, 0.05) is 6.42 Å². The van der Waals surface area contributed by atoms with Crippen LogP contribution in [0.25, 0.3) is 0 Å². The molecular weight excluding hydrogens is 150 g/mol. The molecule has 0 aliphatic carbocycles. The summed E-state index contributed by atoms with van der Waals surface area (Å²) in [7, 11) is 2.13. The minimum absolute atomic E-state index is 0.238. The fraction of sp³-hybridized carbons (Fsp3) is 0.600. The summed E-state index contributed by atoms with van der Waals surface area (Å²) in [5.41, 5.74) is 0. The molecule has 0 amide bonds. The first-order chi connectivity index (χ1) is 5.68. The Morgan fingerprint density at radius 1 is 1.25 bits per heavy atom. The maximum absolute atomic E-state index is 8.85. The van der Waals surface area contributed by atoms with E-state index < -0.39 is 0 Å². The predicted octanol–water partition coefficient (Wildman–Crippen LogP) is 1.19. The Bertz CT molecular complexity index is 145. The second-order valence-corrected chi connectivity index (χ2v) is 3.34. The zero-order valence-corrected chi connectivity index (χ0v) is 8.00. The van der Waals surface area contributed by atoms with Crippen LogP contribution in [0.1, 0.15) is 6.42 Å². The minimum atomic E-state index is 0.238. The average molecular weight is 170 g/mol. The third-order valence-corrected chi connectivity index (χ3v) is 2.08. The molecule has 0 aromatic rings. The molecule has 0 aromatic carbocycles. The Labute approximate surface area is 75.4 Å². The van der Waals surface area contributed by atoms with Crippen molar-refractivity contribution in [2.75, 3.05) is 33.3 Å². The van der Waals surface area contributed by atoms with E-state index >= 15 is 0 Å². The molecule has 1 N–H and O–H groups in total. The number of likely N-dealkylation sites (N-methyl/N-ethyl adjacent to an activating group) is 1. The first-order valence-electron chi connectivity index (χ1n) is 4.35. The number of aliphatic hydroxyl groups is 1. The van der Waals surface area contributed by atoms with Crippen molar-refractivity contribution >= 4 is 0 Å². The van der Waals surface area contributed by atoms with Gasteiger partial charge in [-0.1, -0.05) is 12.7 Å². The lowest BCUT2D eigenvalue weighted by atomic mass is 10.3. The normalized spacial score (nSPS) is 15.2. The second-order valence-electron chi connectivity index (χ2n) is 3.34. The van der Waals surface area contributed by atoms with Crippen LogP contribution in [0.2, 0.25) is 0 Å². The molecule has 2 nitrogen and oxygen atoms in total. The Kier molecular flexibility index (Phi) is 5.68. The van der Waals surface area contributed by atoms with Gasteiger partial charge < -0.3 is 9.59 Å². The molecule has 0 bridgehead atoms. The molecule has 0 heterocycles. The van der Waals surface area contributed by atoms with Gasteiger partial charge in [0.2, 0.25) is 0 Å². The maximum atomic E-state index is 8.85. The van der Waals surface area contributed by atoms with Crippen molar-refractivity contribution in [3.8, 4) is 0 Å². The van der Waals surface area contributed by atoms with Crippen LogP contribution in [0.3, 0.4) is 0 Å². The van der Waals surface area contributed by atoms with E-state index in [0.29, 0.717) is 0 Å². The largest absolute Gasteiger partial charge is 0.391 e. The molecule has 2 heteroatoms. The monoisotopic (exact) mass is 170 g/mol. The average Bonchev–Trinajstić information content (AvgIpc) is 2.02. The number of rotatable bonds is 7. The Hall–Kier alpha value is -0.600. The van der Waals surface area contributed by atoms with Crippen LogP contribution in [0.5, 0.6) is 0 Å². The first-order valence-corrected chi connectivity index (χ1v) is 4.35. The molecule has 0 fully saturated rings. The lowest BCUT2D eigenvalue weighted by Crippen LogP contribution is -2.46. The minimum Gasteiger partial charge on any atom is -0.391 e. The lowest BCUT2D eigenvalue weighted by Gasteiger charge is -2.32. The van der Waals surface area contributed by atoms with Gasteiger partial charge in [-0.3, -0.25) is 0 Å². The van der Waals surface area contributed by atoms with Gasteiger partial charge in [0.25, 0.3) is 0 Å². The summed E-state index contributed by atoms with van der Waals surface area (Å²) < 4.78 is 0.853. The zero-order valence-electron chi connectivity index (χ0n) is 8.00. The van der Waals surface area contributed by atoms with Crippen molar-refractivity contribution < 1.29 is 9.59 Å². The van der Waals surface area contributed by atoms with Crippen LogP contribution in [-0.2, 0) is 0 Å². The highest BCUT2D eigenvalue weighted by Gasteiger charge is 2.17. The Balaban J connectivity index is 3.96. The van der Waals surface area contributed by atoms with Crippen molar-refractivity contribution in [3.05, 3.63) is 25.3 Å². The molecule has 0 saturated carbocycles. The van der Waals surface area contributed by atoms with E-state index in [2.05, 4.69) is 20.2 Å². The van der Waals surface area contributed by atoms with E-state index in [1.165, 1.54) is 0 Å². The highest BCUT2D eigenvalue weighted by molar-refractivity contribution is 4.69. The summed E-state index contributed by atoms with van der Waals surface area (Å²) in [6.45, 7) is 10.4. The highest BCUT2D eigenvalue weighted by atomic mass is 16.3. The molecule has 0 aliphatic rings. The van der Waals surface area contributed by atoms with Crippen LogP contribution in [-0.4, -0.2) is 42.9 Å². The molecule has 0 aromatic heterocycles. The number of nitrogens with zero attached hydrogens (tertiary/aromatic N) is 1. The first kappa shape index (κ1) is 11.4. The van der Waals surface area contributed by atoms with Crippen molar-refractivity contribution in [1.29, 1.82) is 0 Å². The van der Waals surface area contributed by atoms with E-state index in [9.17, 15) is 0 Å². The molecule has 1 atom stereocenters. The van der Waals surface area contributed by atoms with Gasteiger partial charge in [0.05, 0.1) is 26.7 Å². The quantitative estimate of drug-likeness (QED) is 0.449. The summed E-state index contributed by atoms with van der Waals surface area (Å²) in [4.78, 5) is 0. The van der Waals surface area contributed by atoms with Crippen LogP contribution < -0.4 is 0 Å². The molecule has 12 heavy (non-hydrogen) atoms. The van der Waals surface area contributed by atoms with E-state index in [0.717, 1.165) is 30.5 Å². The standard InChI is InChI=1S/C10H20NO/c1-4-6-8-11(3,7-5-2)9-10-12/h4-5,12H,1-2,6-10H2,3H3/q+1. The Morgan fingerprint density at radius 3 is 2.33 bits per heavy atom. The molecule has 1 unspecified atom stereocenters. The fourth-order valence-corrected chi connectivity index (χ4v) is 1.25. The molecule has 70 valence electrons. The molecule has 0 radical (unpaired) electrons. The third kappa shape index (κ3) is 4.31. The lowest BCUT2D eigenvalue weighted by molar-refractivity contribution is -0.903.